The maximum atomic E-state index is 6.42. The molecule has 1 aromatic carbocycles. The Morgan fingerprint density at radius 1 is 1.38 bits per heavy atom. The number of nitrogens with two attached hydrogens (primary N) is 1. The Hall–Kier alpha value is -0.580. The molecule has 1 saturated heterocycles. The summed E-state index contributed by atoms with van der Waals surface area (Å²) in [5, 5.41) is 0. The number of hydrogen-bond donors (Lipinski definition) is 1. The summed E-state index contributed by atoms with van der Waals surface area (Å²) in [6, 6.07) is 6.28. The van der Waals surface area contributed by atoms with Crippen LogP contribution in [0, 0.1) is 5.92 Å². The highest BCUT2D eigenvalue weighted by Crippen LogP contribution is 2.44. The smallest absolute Gasteiger partial charge is 0.124 e. The van der Waals surface area contributed by atoms with E-state index >= 15 is 0 Å². The Kier molecular flexibility index (Phi) is 4.30. The van der Waals surface area contributed by atoms with Crippen LogP contribution >= 0.6 is 15.9 Å². The Morgan fingerprint density at radius 3 is 2.76 bits per heavy atom. The molecule has 0 saturated carbocycles. The average Bonchev–Trinajstić information content (AvgIpc) is 2.42. The number of likely N-dealkylation sites (tertiary alicyclic amines) is 1. The van der Waals surface area contributed by atoms with Crippen LogP contribution in [0.5, 0.6) is 5.75 Å². The van der Waals surface area contributed by atoms with Crippen molar-refractivity contribution in [2.75, 3.05) is 19.6 Å². The molecule has 4 heteroatoms. The molecule has 0 unspecified atom stereocenters. The first-order valence-electron chi connectivity index (χ1n) is 7.94. The van der Waals surface area contributed by atoms with Crippen LogP contribution in [-0.2, 0) is 0 Å². The fraction of sp³-hybridized carbons (Fsp3) is 0.647. The summed E-state index contributed by atoms with van der Waals surface area (Å²) in [6.45, 7) is 8.00. The SMILES string of the molecule is CC(C)CN1CCC2(CC1)C[C@@H](N)c1cc(Br)ccc1O2. The van der Waals surface area contributed by atoms with Gasteiger partial charge < -0.3 is 15.4 Å². The third-order valence-corrected chi connectivity index (χ3v) is 5.17. The first-order valence-corrected chi connectivity index (χ1v) is 8.73. The van der Waals surface area contributed by atoms with Crippen molar-refractivity contribution in [1.29, 1.82) is 0 Å². The van der Waals surface area contributed by atoms with E-state index in [1.807, 2.05) is 6.07 Å². The van der Waals surface area contributed by atoms with E-state index in [1.54, 1.807) is 0 Å². The summed E-state index contributed by atoms with van der Waals surface area (Å²) in [5.41, 5.74) is 7.51. The molecule has 2 aliphatic rings. The molecule has 3 nitrogen and oxygen atoms in total. The van der Waals surface area contributed by atoms with E-state index in [1.165, 1.54) is 6.54 Å². The van der Waals surface area contributed by atoms with Gasteiger partial charge in [-0.3, -0.25) is 0 Å². The van der Waals surface area contributed by atoms with Crippen molar-refractivity contribution in [2.24, 2.45) is 11.7 Å². The maximum Gasteiger partial charge on any atom is 0.124 e. The molecule has 1 atom stereocenters. The molecule has 2 N–H and O–H groups in total. The lowest BCUT2D eigenvalue weighted by molar-refractivity contribution is -0.0236. The van der Waals surface area contributed by atoms with Gasteiger partial charge in [0, 0.05) is 42.1 Å². The van der Waals surface area contributed by atoms with Crippen LogP contribution in [0.15, 0.2) is 22.7 Å². The van der Waals surface area contributed by atoms with Gasteiger partial charge in [0.25, 0.3) is 0 Å². The van der Waals surface area contributed by atoms with E-state index in [4.69, 9.17) is 10.5 Å². The molecule has 0 aromatic heterocycles. The molecular weight excluding hydrogens is 328 g/mol. The molecule has 0 bridgehead atoms. The van der Waals surface area contributed by atoms with Crippen molar-refractivity contribution < 1.29 is 4.74 Å². The van der Waals surface area contributed by atoms with E-state index < -0.39 is 0 Å². The van der Waals surface area contributed by atoms with Crippen LogP contribution in [0.3, 0.4) is 0 Å². The van der Waals surface area contributed by atoms with Gasteiger partial charge in [-0.2, -0.15) is 0 Å². The minimum absolute atomic E-state index is 0.0479. The van der Waals surface area contributed by atoms with Crippen molar-refractivity contribution >= 4 is 15.9 Å². The lowest BCUT2D eigenvalue weighted by atomic mass is 9.81. The predicted molar refractivity (Wildman–Crippen MR) is 89.6 cm³/mol. The molecule has 116 valence electrons. The number of hydrogen-bond acceptors (Lipinski definition) is 3. The molecule has 2 heterocycles. The standard InChI is InChI=1S/C17H25BrN2O/c1-12(2)11-20-7-5-17(6-8-20)10-15(19)14-9-13(18)3-4-16(14)21-17/h3-4,9,12,15H,5-8,10-11,19H2,1-2H3/t15-/m1/s1. The molecular formula is C17H25BrN2O. The number of rotatable bonds is 2. The molecule has 2 aliphatic heterocycles. The van der Waals surface area contributed by atoms with Crippen molar-refractivity contribution in [3.8, 4) is 5.75 Å². The first kappa shape index (κ1) is 15.3. The highest BCUT2D eigenvalue weighted by atomic mass is 79.9. The Balaban J connectivity index is 1.73. The predicted octanol–water partition coefficient (Wildman–Crippen LogP) is 3.72. The summed E-state index contributed by atoms with van der Waals surface area (Å²) in [5.74, 6) is 1.71. The zero-order valence-corrected chi connectivity index (χ0v) is 14.5. The lowest BCUT2D eigenvalue weighted by Gasteiger charge is -2.46. The topological polar surface area (TPSA) is 38.5 Å². The van der Waals surface area contributed by atoms with Crippen molar-refractivity contribution in [1.82, 2.24) is 4.90 Å². The highest BCUT2D eigenvalue weighted by molar-refractivity contribution is 9.10. The van der Waals surface area contributed by atoms with Gasteiger partial charge in [0.1, 0.15) is 11.4 Å². The van der Waals surface area contributed by atoms with Crippen molar-refractivity contribution in [2.45, 2.75) is 44.8 Å². The van der Waals surface area contributed by atoms with E-state index in [-0.39, 0.29) is 11.6 Å². The molecule has 1 spiro atoms. The second-order valence-corrected chi connectivity index (χ2v) is 7.89. The monoisotopic (exact) mass is 352 g/mol. The number of piperidine rings is 1. The molecule has 0 aliphatic carbocycles. The van der Waals surface area contributed by atoms with Gasteiger partial charge in [-0.25, -0.2) is 0 Å². The van der Waals surface area contributed by atoms with Gasteiger partial charge in [-0.1, -0.05) is 29.8 Å². The van der Waals surface area contributed by atoms with Crippen molar-refractivity contribution in [3.05, 3.63) is 28.2 Å². The minimum atomic E-state index is -0.0479. The molecule has 21 heavy (non-hydrogen) atoms. The molecule has 3 rings (SSSR count). The van der Waals surface area contributed by atoms with Crippen LogP contribution in [0.1, 0.15) is 44.7 Å². The van der Waals surface area contributed by atoms with Gasteiger partial charge in [0.2, 0.25) is 0 Å². The normalized spacial score (nSPS) is 24.9. The zero-order chi connectivity index (χ0) is 15.0. The summed E-state index contributed by atoms with van der Waals surface area (Å²) in [4.78, 5) is 2.56. The fourth-order valence-electron chi connectivity index (χ4n) is 3.65. The maximum absolute atomic E-state index is 6.42. The summed E-state index contributed by atoms with van der Waals surface area (Å²) >= 11 is 3.52. The third kappa shape index (κ3) is 3.27. The summed E-state index contributed by atoms with van der Waals surface area (Å²) in [7, 11) is 0. The summed E-state index contributed by atoms with van der Waals surface area (Å²) in [6.07, 6.45) is 3.11. The third-order valence-electron chi connectivity index (χ3n) is 4.68. The number of ether oxygens (including phenoxy) is 1. The number of nitrogens with zero attached hydrogens (tertiary/aromatic N) is 1. The van der Waals surface area contributed by atoms with E-state index in [2.05, 4.69) is 46.8 Å². The second-order valence-electron chi connectivity index (χ2n) is 6.97. The number of benzene rings is 1. The Labute approximate surface area is 136 Å². The molecule has 1 fully saturated rings. The lowest BCUT2D eigenvalue weighted by Crippen LogP contribution is -2.51. The quantitative estimate of drug-likeness (QED) is 0.881. The van der Waals surface area contributed by atoms with Crippen molar-refractivity contribution in [3.63, 3.8) is 0 Å². The largest absolute Gasteiger partial charge is 0.487 e. The van der Waals surface area contributed by atoms with Gasteiger partial charge in [-0.15, -0.1) is 0 Å². The van der Waals surface area contributed by atoms with Crippen LogP contribution in [0.4, 0.5) is 0 Å². The fourth-order valence-corrected chi connectivity index (χ4v) is 4.03. The van der Waals surface area contributed by atoms with E-state index in [0.29, 0.717) is 0 Å². The highest BCUT2D eigenvalue weighted by Gasteiger charge is 2.42. The van der Waals surface area contributed by atoms with Gasteiger partial charge >= 0.3 is 0 Å². The van der Waals surface area contributed by atoms with Crippen LogP contribution in [0.25, 0.3) is 0 Å². The van der Waals surface area contributed by atoms with E-state index in [9.17, 15) is 0 Å². The van der Waals surface area contributed by atoms with E-state index in [0.717, 1.165) is 54.1 Å². The number of halogens is 1. The first-order chi connectivity index (χ1) is 9.97. The zero-order valence-electron chi connectivity index (χ0n) is 12.9. The molecule has 0 amide bonds. The Bertz CT molecular complexity index is 510. The summed E-state index contributed by atoms with van der Waals surface area (Å²) < 4.78 is 7.48. The number of fused-ring (bicyclic) bond motifs is 1. The van der Waals surface area contributed by atoms with Crippen LogP contribution < -0.4 is 10.5 Å². The van der Waals surface area contributed by atoms with Gasteiger partial charge in [0.05, 0.1) is 0 Å². The Morgan fingerprint density at radius 2 is 2.10 bits per heavy atom. The van der Waals surface area contributed by atoms with Gasteiger partial charge in [-0.05, 0) is 37.0 Å². The molecule has 0 radical (unpaired) electrons. The van der Waals surface area contributed by atoms with Gasteiger partial charge in [0.15, 0.2) is 0 Å². The molecule has 1 aromatic rings. The second kappa shape index (κ2) is 5.90. The van der Waals surface area contributed by atoms with Crippen LogP contribution in [0.2, 0.25) is 0 Å². The minimum Gasteiger partial charge on any atom is -0.487 e. The van der Waals surface area contributed by atoms with Crippen LogP contribution in [-0.4, -0.2) is 30.1 Å². The average molecular weight is 353 g/mol.